The van der Waals surface area contributed by atoms with Gasteiger partial charge in [0.25, 0.3) is 0 Å². The van der Waals surface area contributed by atoms with E-state index >= 15 is 0 Å². The summed E-state index contributed by atoms with van der Waals surface area (Å²) >= 11 is 0. The van der Waals surface area contributed by atoms with Gasteiger partial charge in [0.2, 0.25) is 5.69 Å². The Morgan fingerprint density at radius 2 is 1.79 bits per heavy atom. The molecule has 19 heavy (non-hydrogen) atoms. The van der Waals surface area contributed by atoms with E-state index < -0.39 is 9.84 Å². The van der Waals surface area contributed by atoms with Crippen LogP contribution in [0.25, 0.3) is 0 Å². The number of pyridine rings is 1. The average Bonchev–Trinajstić information content (AvgIpc) is 2.33. The summed E-state index contributed by atoms with van der Waals surface area (Å²) < 4.78 is 24.0. The van der Waals surface area contributed by atoms with E-state index in [-0.39, 0.29) is 10.6 Å². The van der Waals surface area contributed by atoms with E-state index in [1.54, 1.807) is 0 Å². The Morgan fingerprint density at radius 3 is 2.37 bits per heavy atom. The van der Waals surface area contributed by atoms with Crippen LogP contribution in [0.5, 0.6) is 0 Å². The minimum Gasteiger partial charge on any atom is -0.618 e. The lowest BCUT2D eigenvalue weighted by molar-refractivity contribution is -0.615. The van der Waals surface area contributed by atoms with Gasteiger partial charge in [0, 0.05) is 12.3 Å². The van der Waals surface area contributed by atoms with E-state index in [0.717, 1.165) is 17.4 Å². The zero-order valence-corrected chi connectivity index (χ0v) is 11.6. The maximum Gasteiger partial charge on any atom is 0.215 e. The Balaban J connectivity index is 2.48. The summed E-state index contributed by atoms with van der Waals surface area (Å²) in [4.78, 5) is 0.0885. The third-order valence-corrected chi connectivity index (χ3v) is 4.08. The molecule has 2 rings (SSSR count). The minimum absolute atomic E-state index is 0.0885. The molecule has 1 heterocycles. The third-order valence-electron chi connectivity index (χ3n) is 2.91. The van der Waals surface area contributed by atoms with Gasteiger partial charge in [-0.15, -0.1) is 0 Å². The van der Waals surface area contributed by atoms with Crippen LogP contribution >= 0.6 is 0 Å². The van der Waals surface area contributed by atoms with Gasteiger partial charge in [-0.3, -0.25) is 0 Å². The maximum atomic E-state index is 11.8. The molecule has 0 N–H and O–H groups in total. The average molecular weight is 277 g/mol. The molecule has 0 spiro atoms. The number of benzene rings is 1. The summed E-state index contributed by atoms with van der Waals surface area (Å²) in [5.74, 6) is 0. The highest BCUT2D eigenvalue weighted by Gasteiger charge is 2.20. The molecule has 1 aromatic heterocycles. The summed E-state index contributed by atoms with van der Waals surface area (Å²) in [6.07, 6.45) is 2.73. The van der Waals surface area contributed by atoms with Crippen molar-refractivity contribution in [1.82, 2.24) is 0 Å². The number of aryl methyl sites for hydroxylation is 1. The third kappa shape index (κ3) is 3.12. The van der Waals surface area contributed by atoms with Gasteiger partial charge < -0.3 is 5.21 Å². The molecule has 0 atom stereocenters. The van der Waals surface area contributed by atoms with E-state index in [1.807, 2.05) is 31.2 Å². The van der Waals surface area contributed by atoms with Gasteiger partial charge in [-0.2, -0.15) is 4.73 Å². The highest BCUT2D eigenvalue weighted by Crippen LogP contribution is 2.16. The summed E-state index contributed by atoms with van der Waals surface area (Å²) in [5, 5.41) is 11.8. The van der Waals surface area contributed by atoms with Crippen molar-refractivity contribution in [3.8, 4) is 0 Å². The normalized spacial score (nSPS) is 11.5. The molecule has 100 valence electrons. The highest BCUT2D eigenvalue weighted by atomic mass is 32.2. The van der Waals surface area contributed by atoms with Gasteiger partial charge in [0.05, 0.1) is 6.42 Å². The molecule has 0 aliphatic heterocycles. The van der Waals surface area contributed by atoms with E-state index in [2.05, 4.69) is 0 Å². The number of hydrogen-bond donors (Lipinski definition) is 0. The van der Waals surface area contributed by atoms with Crippen molar-refractivity contribution in [2.24, 2.45) is 0 Å². The predicted molar refractivity (Wildman–Crippen MR) is 72.5 cm³/mol. The molecule has 0 bridgehead atoms. The summed E-state index contributed by atoms with van der Waals surface area (Å²) in [7, 11) is -3.41. The molecule has 0 amide bonds. The van der Waals surface area contributed by atoms with Crippen molar-refractivity contribution in [2.75, 3.05) is 6.26 Å². The number of sulfone groups is 1. The van der Waals surface area contributed by atoms with Crippen LogP contribution in [0.3, 0.4) is 0 Å². The number of hydrogen-bond acceptors (Lipinski definition) is 3. The van der Waals surface area contributed by atoms with E-state index in [1.165, 1.54) is 18.3 Å². The first-order chi connectivity index (χ1) is 8.88. The van der Waals surface area contributed by atoms with Gasteiger partial charge in [0.1, 0.15) is 4.90 Å². The molecule has 2 aromatic rings. The molecular formula is C14H15NO3S. The molecular weight excluding hydrogens is 262 g/mol. The molecule has 0 unspecified atom stereocenters. The Labute approximate surface area is 112 Å². The molecule has 0 aliphatic carbocycles. The van der Waals surface area contributed by atoms with Crippen molar-refractivity contribution in [1.29, 1.82) is 0 Å². The van der Waals surface area contributed by atoms with Crippen LogP contribution in [0.1, 0.15) is 16.8 Å². The topological polar surface area (TPSA) is 61.1 Å². The lowest BCUT2D eigenvalue weighted by Gasteiger charge is -2.08. The smallest absolute Gasteiger partial charge is 0.215 e. The van der Waals surface area contributed by atoms with Gasteiger partial charge in [-0.1, -0.05) is 29.8 Å². The maximum absolute atomic E-state index is 11.8. The van der Waals surface area contributed by atoms with Crippen LogP contribution in [0.4, 0.5) is 0 Å². The lowest BCUT2D eigenvalue weighted by Crippen LogP contribution is -2.33. The fourth-order valence-corrected chi connectivity index (χ4v) is 2.82. The first-order valence-electron chi connectivity index (χ1n) is 5.84. The van der Waals surface area contributed by atoms with Crippen LogP contribution in [-0.2, 0) is 16.3 Å². The van der Waals surface area contributed by atoms with Crippen molar-refractivity contribution < 1.29 is 13.1 Å². The monoisotopic (exact) mass is 277 g/mol. The van der Waals surface area contributed by atoms with E-state index in [9.17, 15) is 13.6 Å². The first-order valence-corrected chi connectivity index (χ1v) is 7.74. The van der Waals surface area contributed by atoms with E-state index in [0.29, 0.717) is 11.2 Å². The van der Waals surface area contributed by atoms with Crippen LogP contribution in [0.2, 0.25) is 0 Å². The van der Waals surface area contributed by atoms with Crippen LogP contribution in [-0.4, -0.2) is 14.7 Å². The second-order valence-electron chi connectivity index (χ2n) is 4.58. The molecule has 0 saturated heterocycles. The lowest BCUT2D eigenvalue weighted by atomic mass is 10.1. The zero-order valence-electron chi connectivity index (χ0n) is 10.8. The Kier molecular flexibility index (Phi) is 3.57. The second kappa shape index (κ2) is 5.01. The van der Waals surface area contributed by atoms with Crippen molar-refractivity contribution in [2.45, 2.75) is 18.2 Å². The number of rotatable bonds is 3. The Bertz CT molecular complexity index is 691. The van der Waals surface area contributed by atoms with Gasteiger partial charge in [0.15, 0.2) is 16.0 Å². The SMILES string of the molecule is Cc1ccc(Cc2c(S(C)(=O)=O)ccc[n+]2[O-])cc1. The van der Waals surface area contributed by atoms with Gasteiger partial charge >= 0.3 is 0 Å². The highest BCUT2D eigenvalue weighted by molar-refractivity contribution is 7.90. The number of aromatic nitrogens is 1. The molecule has 0 aliphatic rings. The standard InChI is InChI=1S/C14H15NO3S/c1-11-5-7-12(8-6-11)10-13-14(19(2,17)18)4-3-9-15(13)16/h3-9H,10H2,1-2H3. The largest absolute Gasteiger partial charge is 0.618 e. The minimum atomic E-state index is -3.41. The first kappa shape index (κ1) is 13.5. The van der Waals surface area contributed by atoms with Crippen LogP contribution < -0.4 is 4.73 Å². The number of nitrogens with zero attached hydrogens (tertiary/aromatic N) is 1. The van der Waals surface area contributed by atoms with Gasteiger partial charge in [-0.05, 0) is 18.6 Å². The quantitative estimate of drug-likeness (QED) is 0.632. The fourth-order valence-electron chi connectivity index (χ4n) is 1.91. The van der Waals surface area contributed by atoms with Crippen molar-refractivity contribution in [3.63, 3.8) is 0 Å². The van der Waals surface area contributed by atoms with E-state index in [4.69, 9.17) is 0 Å². The molecule has 4 nitrogen and oxygen atoms in total. The second-order valence-corrected chi connectivity index (χ2v) is 6.56. The van der Waals surface area contributed by atoms with Gasteiger partial charge in [-0.25, -0.2) is 8.42 Å². The Morgan fingerprint density at radius 1 is 1.16 bits per heavy atom. The predicted octanol–water partition coefficient (Wildman–Crippen LogP) is 1.62. The summed E-state index contributed by atoms with van der Waals surface area (Å²) in [5.41, 5.74) is 2.29. The Hall–Kier alpha value is -1.88. The van der Waals surface area contributed by atoms with Crippen LogP contribution in [0.15, 0.2) is 47.5 Å². The van der Waals surface area contributed by atoms with Crippen LogP contribution in [0, 0.1) is 12.1 Å². The molecule has 1 aromatic carbocycles. The molecule has 5 heteroatoms. The summed E-state index contributed by atoms with van der Waals surface area (Å²) in [6, 6.07) is 10.6. The molecule has 0 radical (unpaired) electrons. The molecule has 0 saturated carbocycles. The summed E-state index contributed by atoms with van der Waals surface area (Å²) in [6.45, 7) is 1.97. The zero-order chi connectivity index (χ0) is 14.0. The fraction of sp³-hybridized carbons (Fsp3) is 0.214. The van der Waals surface area contributed by atoms with Crippen molar-refractivity contribution >= 4 is 9.84 Å². The molecule has 0 fully saturated rings. The van der Waals surface area contributed by atoms with Crippen molar-refractivity contribution in [3.05, 3.63) is 64.6 Å².